The second-order valence-corrected chi connectivity index (χ2v) is 9.35. The van der Waals surface area contributed by atoms with E-state index in [1.807, 2.05) is 52.0 Å². The first-order chi connectivity index (χ1) is 14.9. The second kappa shape index (κ2) is 12.4. The van der Waals surface area contributed by atoms with Gasteiger partial charge < -0.3 is 40.0 Å². The van der Waals surface area contributed by atoms with E-state index < -0.39 is 48.0 Å². The predicted molar refractivity (Wildman–Crippen MR) is 122 cm³/mol. The van der Waals surface area contributed by atoms with Gasteiger partial charge in [-0.2, -0.15) is 0 Å². The van der Waals surface area contributed by atoms with Crippen LogP contribution in [0, 0.1) is 33.1 Å². The van der Waals surface area contributed by atoms with Crippen LogP contribution in [0.4, 0.5) is 0 Å². The fourth-order valence-electron chi connectivity index (χ4n) is 3.71. The fourth-order valence-corrected chi connectivity index (χ4v) is 4.24. The van der Waals surface area contributed by atoms with Gasteiger partial charge in [0, 0.05) is 0 Å². The summed E-state index contributed by atoms with van der Waals surface area (Å²) < 4.78 is 3.60. The molecule has 11 heteroatoms. The summed E-state index contributed by atoms with van der Waals surface area (Å²) in [5.41, 5.74) is 1.65. The lowest BCUT2D eigenvalue weighted by Gasteiger charge is -2.46. The zero-order valence-corrected chi connectivity index (χ0v) is 20.3. The summed E-state index contributed by atoms with van der Waals surface area (Å²) in [6.45, 7) is 6.02. The van der Waals surface area contributed by atoms with E-state index in [2.05, 4.69) is 4.31 Å². The first-order valence-electron chi connectivity index (χ1n) is 9.62. The van der Waals surface area contributed by atoms with Gasteiger partial charge in [-0.15, -0.1) is 0 Å². The van der Waals surface area contributed by atoms with Crippen molar-refractivity contribution in [3.8, 4) is 0 Å². The molecule has 0 fully saturated rings. The van der Waals surface area contributed by atoms with Gasteiger partial charge in [0.25, 0.3) is 0 Å². The van der Waals surface area contributed by atoms with Crippen LogP contribution in [0.3, 0.4) is 0 Å². The number of aliphatic hydroxyl groups is 4. The van der Waals surface area contributed by atoms with E-state index in [1.54, 1.807) is 12.1 Å². The van der Waals surface area contributed by atoms with Crippen molar-refractivity contribution in [1.82, 2.24) is 0 Å². The van der Waals surface area contributed by atoms with E-state index in [0.29, 0.717) is 11.1 Å². The van der Waals surface area contributed by atoms with E-state index in [9.17, 15) is 20.4 Å². The van der Waals surface area contributed by atoms with Gasteiger partial charge in [0.2, 0.25) is 0 Å². The molecule has 0 radical (unpaired) electrons. The number of aliphatic hydroxyl groups excluding tert-OH is 3. The zero-order valence-electron chi connectivity index (χ0n) is 18.5. The van der Waals surface area contributed by atoms with Crippen molar-refractivity contribution >= 4 is 17.2 Å². The van der Waals surface area contributed by atoms with Gasteiger partial charge in [-0.05, 0) is 49.9 Å². The molecular weight excluding hydrogens is 458 g/mol. The molecule has 2 aromatic carbocycles. The average Bonchev–Trinajstić information content (AvgIpc) is 2.68. The highest BCUT2D eigenvalue weighted by Gasteiger charge is 2.53. The zero-order chi connectivity index (χ0) is 24.7. The van der Waals surface area contributed by atoms with E-state index >= 15 is 0 Å². The Morgan fingerprint density at radius 2 is 1.03 bits per heavy atom. The van der Waals surface area contributed by atoms with E-state index in [4.69, 9.17) is 19.6 Å². The summed E-state index contributed by atoms with van der Waals surface area (Å²) in [6, 6.07) is 11.3. The molecule has 0 saturated heterocycles. The Balaban J connectivity index is 0.000000633. The topological polar surface area (TPSA) is 171 Å². The molecule has 2 rings (SSSR count). The predicted octanol–water partition coefficient (Wildman–Crippen LogP) is 1.55. The highest BCUT2D eigenvalue weighted by molar-refractivity contribution is 7.53. The Bertz CT molecular complexity index is 805. The number of aryl methyl sites for hydroxylation is 4. The third-order valence-electron chi connectivity index (χ3n) is 5.36. The lowest BCUT2D eigenvalue weighted by atomic mass is 9.64. The molecule has 0 unspecified atom stereocenters. The van der Waals surface area contributed by atoms with Crippen molar-refractivity contribution in [1.29, 1.82) is 0 Å². The van der Waals surface area contributed by atoms with E-state index in [1.165, 1.54) is 0 Å². The van der Waals surface area contributed by atoms with Crippen molar-refractivity contribution in [2.24, 2.45) is 5.41 Å². The standard InChI is InChI=1S/C21H28O4.H4O5P2/c1-14-5-7-18(16(3)9-14)21(25,20(11-22,12-23)13-24)19-8-6-15(2)10-17(19)4;1-6(2)5-7(3)4/h5-10,22-25H,11-13H2,1-4H3;1-4H. The lowest BCUT2D eigenvalue weighted by Crippen LogP contribution is -2.54. The smallest absolute Gasteiger partial charge is 0.334 e. The molecule has 0 atom stereocenters. The van der Waals surface area contributed by atoms with Gasteiger partial charge in [0.05, 0.1) is 25.2 Å². The molecule has 0 aliphatic heterocycles. The highest BCUT2D eigenvalue weighted by atomic mass is 31.2. The minimum Gasteiger partial charge on any atom is -0.395 e. The maximum Gasteiger partial charge on any atom is 0.334 e. The first-order valence-corrected chi connectivity index (χ1v) is 12.0. The molecule has 2 aromatic rings. The highest BCUT2D eigenvalue weighted by Crippen LogP contribution is 2.47. The molecule has 0 aliphatic rings. The number of rotatable bonds is 8. The van der Waals surface area contributed by atoms with Crippen molar-refractivity contribution in [2.75, 3.05) is 19.8 Å². The van der Waals surface area contributed by atoms with Gasteiger partial charge in [0.1, 0.15) is 5.60 Å². The molecule has 0 spiro atoms. The molecule has 9 nitrogen and oxygen atoms in total. The van der Waals surface area contributed by atoms with Crippen LogP contribution in [0.1, 0.15) is 33.4 Å². The monoisotopic (exact) mass is 490 g/mol. The van der Waals surface area contributed by atoms with Crippen LogP contribution < -0.4 is 0 Å². The minimum absolute atomic E-state index is 0.558. The molecule has 0 aliphatic carbocycles. The quantitative estimate of drug-likeness (QED) is 0.256. The Labute approximate surface area is 190 Å². The summed E-state index contributed by atoms with van der Waals surface area (Å²) in [5.74, 6) is 0. The van der Waals surface area contributed by atoms with Crippen LogP contribution in [-0.4, -0.2) is 59.8 Å². The van der Waals surface area contributed by atoms with E-state index in [0.717, 1.165) is 22.3 Å². The van der Waals surface area contributed by atoms with Crippen LogP contribution in [0.2, 0.25) is 0 Å². The van der Waals surface area contributed by atoms with Crippen molar-refractivity contribution in [2.45, 2.75) is 33.3 Å². The van der Waals surface area contributed by atoms with Crippen LogP contribution >= 0.6 is 17.2 Å². The number of benzene rings is 2. The molecule has 0 heterocycles. The third kappa shape index (κ3) is 6.50. The van der Waals surface area contributed by atoms with Crippen LogP contribution in [0.5, 0.6) is 0 Å². The van der Waals surface area contributed by atoms with Crippen molar-refractivity contribution in [3.05, 3.63) is 69.8 Å². The molecule has 0 amide bonds. The Kier molecular flexibility index (Phi) is 11.2. The summed E-state index contributed by atoms with van der Waals surface area (Å²) >= 11 is 0. The molecule has 180 valence electrons. The van der Waals surface area contributed by atoms with Gasteiger partial charge in [-0.3, -0.25) is 0 Å². The Morgan fingerprint density at radius 1 is 0.688 bits per heavy atom. The molecule has 0 saturated carbocycles. The van der Waals surface area contributed by atoms with Gasteiger partial charge >= 0.3 is 17.2 Å². The molecule has 32 heavy (non-hydrogen) atoms. The maximum atomic E-state index is 11.9. The fraction of sp³-hybridized carbons (Fsp3) is 0.429. The summed E-state index contributed by atoms with van der Waals surface area (Å²) in [5, 5.41) is 42.1. The van der Waals surface area contributed by atoms with Gasteiger partial charge in [0.15, 0.2) is 0 Å². The van der Waals surface area contributed by atoms with Crippen molar-refractivity contribution in [3.63, 3.8) is 0 Å². The molecule has 8 N–H and O–H groups in total. The lowest BCUT2D eigenvalue weighted by molar-refractivity contribution is -0.136. The molecule has 0 aromatic heterocycles. The van der Waals surface area contributed by atoms with Crippen LogP contribution in [-0.2, 0) is 9.91 Å². The largest absolute Gasteiger partial charge is 0.395 e. The van der Waals surface area contributed by atoms with E-state index in [-0.39, 0.29) is 0 Å². The normalized spacial score (nSPS) is 12.2. The Morgan fingerprint density at radius 3 is 1.25 bits per heavy atom. The van der Waals surface area contributed by atoms with Gasteiger partial charge in [-0.25, -0.2) is 4.31 Å². The van der Waals surface area contributed by atoms with Gasteiger partial charge in [-0.1, -0.05) is 47.5 Å². The van der Waals surface area contributed by atoms with Crippen LogP contribution in [0.15, 0.2) is 36.4 Å². The third-order valence-corrected chi connectivity index (χ3v) is 6.53. The SMILES string of the molecule is Cc1ccc(C(O)(c2ccc(C)cc2C)C(CO)(CO)CO)c(C)c1.OP(O)OP(O)O. The molecular formula is C21H32O9P2. The summed E-state index contributed by atoms with van der Waals surface area (Å²) in [7, 11) is -5.22. The first kappa shape index (κ1) is 29.0. The second-order valence-electron chi connectivity index (χ2n) is 7.69. The maximum absolute atomic E-state index is 11.9. The average molecular weight is 490 g/mol. The Hall–Kier alpha value is -1.06. The number of hydrogen-bond acceptors (Lipinski definition) is 9. The minimum atomic E-state index is -2.61. The van der Waals surface area contributed by atoms with Crippen molar-refractivity contribution < 1.29 is 44.3 Å². The summed E-state index contributed by atoms with van der Waals surface area (Å²) in [4.78, 5) is 31.3. The summed E-state index contributed by atoms with van der Waals surface area (Å²) in [6.07, 6.45) is 0. The number of hydrogen-bond donors (Lipinski definition) is 8. The molecule has 0 bridgehead atoms. The van der Waals surface area contributed by atoms with Crippen LogP contribution in [0.25, 0.3) is 0 Å².